The third-order valence-electron chi connectivity index (χ3n) is 2.87. The van der Waals surface area contributed by atoms with Gasteiger partial charge in [0.2, 0.25) is 0 Å². The van der Waals surface area contributed by atoms with Crippen LogP contribution in [0.5, 0.6) is 5.75 Å². The number of ether oxygens (including phenoxy) is 1. The molecule has 2 unspecified atom stereocenters. The Morgan fingerprint density at radius 1 is 1.59 bits per heavy atom. The standard InChI is InChI=1S/C13H18FNO2/c1-9(16)4-5-15-8-12-7-10-6-11(14)2-3-13(10)17-12/h2-3,6,9,12,15-16H,4-5,7-8H2,1H3. The highest BCUT2D eigenvalue weighted by molar-refractivity contribution is 5.37. The molecular formula is C13H18FNO2. The van der Waals surface area contributed by atoms with Gasteiger partial charge in [-0.1, -0.05) is 0 Å². The molecule has 2 rings (SSSR count). The number of aliphatic hydroxyl groups excluding tert-OH is 1. The summed E-state index contributed by atoms with van der Waals surface area (Å²) in [6.45, 7) is 3.26. The molecule has 0 spiro atoms. The minimum Gasteiger partial charge on any atom is -0.488 e. The topological polar surface area (TPSA) is 41.5 Å². The van der Waals surface area contributed by atoms with Crippen LogP contribution in [0.4, 0.5) is 4.39 Å². The van der Waals surface area contributed by atoms with Gasteiger partial charge in [0.15, 0.2) is 0 Å². The van der Waals surface area contributed by atoms with Crippen molar-refractivity contribution in [1.29, 1.82) is 0 Å². The van der Waals surface area contributed by atoms with Gasteiger partial charge in [0.1, 0.15) is 17.7 Å². The van der Waals surface area contributed by atoms with Crippen molar-refractivity contribution in [2.75, 3.05) is 13.1 Å². The highest BCUT2D eigenvalue weighted by Gasteiger charge is 2.22. The van der Waals surface area contributed by atoms with Crippen molar-refractivity contribution in [3.63, 3.8) is 0 Å². The highest BCUT2D eigenvalue weighted by atomic mass is 19.1. The minimum absolute atomic E-state index is 0.0702. The van der Waals surface area contributed by atoms with Crippen molar-refractivity contribution in [3.8, 4) is 5.75 Å². The van der Waals surface area contributed by atoms with Gasteiger partial charge in [-0.3, -0.25) is 0 Å². The number of benzene rings is 1. The lowest BCUT2D eigenvalue weighted by atomic mass is 10.1. The summed E-state index contributed by atoms with van der Waals surface area (Å²) in [5, 5.41) is 12.3. The minimum atomic E-state index is -0.279. The molecule has 0 aliphatic carbocycles. The number of rotatable bonds is 5. The molecule has 2 atom stereocenters. The van der Waals surface area contributed by atoms with Gasteiger partial charge in [-0.05, 0) is 38.1 Å². The lowest BCUT2D eigenvalue weighted by molar-refractivity contribution is 0.178. The molecule has 3 nitrogen and oxygen atoms in total. The fourth-order valence-electron chi connectivity index (χ4n) is 1.98. The van der Waals surface area contributed by atoms with Gasteiger partial charge in [0.05, 0.1) is 6.10 Å². The van der Waals surface area contributed by atoms with E-state index in [1.807, 2.05) is 0 Å². The Kier molecular flexibility index (Phi) is 3.97. The summed E-state index contributed by atoms with van der Waals surface area (Å²) in [4.78, 5) is 0. The van der Waals surface area contributed by atoms with E-state index >= 15 is 0 Å². The molecule has 0 saturated carbocycles. The average Bonchev–Trinajstić information content (AvgIpc) is 2.66. The Bertz CT molecular complexity index is 382. The van der Waals surface area contributed by atoms with Gasteiger partial charge in [-0.15, -0.1) is 0 Å². The first-order chi connectivity index (χ1) is 8.15. The maximum Gasteiger partial charge on any atom is 0.123 e. The molecule has 2 N–H and O–H groups in total. The van der Waals surface area contributed by atoms with Crippen LogP contribution < -0.4 is 10.1 Å². The zero-order valence-electron chi connectivity index (χ0n) is 9.95. The van der Waals surface area contributed by atoms with Crippen LogP contribution in [0, 0.1) is 5.82 Å². The van der Waals surface area contributed by atoms with Crippen LogP contribution in [0.3, 0.4) is 0 Å². The summed E-state index contributed by atoms with van der Waals surface area (Å²) in [5.41, 5.74) is 0.937. The van der Waals surface area contributed by atoms with Crippen LogP contribution in [0.1, 0.15) is 18.9 Å². The summed E-state index contributed by atoms with van der Waals surface area (Å²) in [6.07, 6.45) is 1.27. The predicted molar refractivity (Wildman–Crippen MR) is 63.7 cm³/mol. The van der Waals surface area contributed by atoms with Crippen molar-refractivity contribution in [1.82, 2.24) is 5.32 Å². The quantitative estimate of drug-likeness (QED) is 0.765. The van der Waals surface area contributed by atoms with E-state index in [1.165, 1.54) is 12.1 Å². The largest absolute Gasteiger partial charge is 0.488 e. The number of fused-ring (bicyclic) bond motifs is 1. The molecule has 0 fully saturated rings. The lowest BCUT2D eigenvalue weighted by Gasteiger charge is -2.12. The second-order valence-corrected chi connectivity index (χ2v) is 4.54. The van der Waals surface area contributed by atoms with E-state index in [1.54, 1.807) is 13.0 Å². The van der Waals surface area contributed by atoms with Crippen molar-refractivity contribution in [3.05, 3.63) is 29.6 Å². The van der Waals surface area contributed by atoms with Crippen molar-refractivity contribution >= 4 is 0 Å². The zero-order valence-corrected chi connectivity index (χ0v) is 9.95. The normalized spacial score (nSPS) is 19.8. The molecule has 1 aliphatic heterocycles. The highest BCUT2D eigenvalue weighted by Crippen LogP contribution is 2.28. The Balaban J connectivity index is 1.76. The number of hydrogen-bond acceptors (Lipinski definition) is 3. The van der Waals surface area contributed by atoms with E-state index in [-0.39, 0.29) is 18.0 Å². The molecule has 1 heterocycles. The molecule has 1 aliphatic rings. The maximum absolute atomic E-state index is 13.0. The van der Waals surface area contributed by atoms with E-state index in [9.17, 15) is 4.39 Å². The third-order valence-corrected chi connectivity index (χ3v) is 2.87. The predicted octanol–water partition coefficient (Wildman–Crippen LogP) is 1.49. The van der Waals surface area contributed by atoms with E-state index in [4.69, 9.17) is 9.84 Å². The molecule has 1 aromatic rings. The number of aliphatic hydroxyl groups is 1. The average molecular weight is 239 g/mol. The summed E-state index contributed by atoms with van der Waals surface area (Å²) in [5.74, 6) is 0.573. The second kappa shape index (κ2) is 5.47. The first-order valence-corrected chi connectivity index (χ1v) is 5.99. The second-order valence-electron chi connectivity index (χ2n) is 4.54. The fraction of sp³-hybridized carbons (Fsp3) is 0.538. The number of halogens is 1. The van der Waals surface area contributed by atoms with E-state index < -0.39 is 0 Å². The Hall–Kier alpha value is -1.13. The summed E-state index contributed by atoms with van der Waals surface area (Å²) in [7, 11) is 0. The van der Waals surface area contributed by atoms with Gasteiger partial charge in [0.25, 0.3) is 0 Å². The van der Waals surface area contributed by atoms with Crippen molar-refractivity contribution < 1.29 is 14.2 Å². The van der Waals surface area contributed by atoms with Crippen LogP contribution in [0.15, 0.2) is 18.2 Å². The third kappa shape index (κ3) is 3.41. The summed E-state index contributed by atoms with van der Waals surface area (Å²) < 4.78 is 18.7. The fourth-order valence-corrected chi connectivity index (χ4v) is 1.98. The SMILES string of the molecule is CC(O)CCNCC1Cc2cc(F)ccc2O1. The Labute approximate surface area is 101 Å². The first-order valence-electron chi connectivity index (χ1n) is 5.99. The monoisotopic (exact) mass is 239 g/mol. The van der Waals surface area contributed by atoms with Crippen LogP contribution in [0.25, 0.3) is 0 Å². The van der Waals surface area contributed by atoms with Gasteiger partial charge in [-0.2, -0.15) is 0 Å². The van der Waals surface area contributed by atoms with Gasteiger partial charge < -0.3 is 15.2 Å². The van der Waals surface area contributed by atoms with Gasteiger partial charge in [-0.25, -0.2) is 4.39 Å². The molecule has 4 heteroatoms. The first kappa shape index (κ1) is 12.3. The van der Waals surface area contributed by atoms with Crippen LogP contribution in [-0.2, 0) is 6.42 Å². The number of nitrogens with one attached hydrogen (secondary N) is 1. The van der Waals surface area contributed by atoms with Crippen molar-refractivity contribution in [2.45, 2.75) is 32.0 Å². The van der Waals surface area contributed by atoms with Crippen LogP contribution in [0.2, 0.25) is 0 Å². The summed E-state index contributed by atoms with van der Waals surface area (Å²) >= 11 is 0. The molecule has 0 amide bonds. The smallest absolute Gasteiger partial charge is 0.123 e. The van der Waals surface area contributed by atoms with Crippen LogP contribution >= 0.6 is 0 Å². The summed E-state index contributed by atoms with van der Waals surface area (Å²) in [6, 6.07) is 4.63. The number of hydrogen-bond donors (Lipinski definition) is 2. The van der Waals surface area contributed by atoms with Gasteiger partial charge >= 0.3 is 0 Å². The molecule has 0 bridgehead atoms. The molecule has 94 valence electrons. The van der Waals surface area contributed by atoms with Gasteiger partial charge in [0, 0.05) is 18.5 Å². The van der Waals surface area contributed by atoms with Crippen molar-refractivity contribution in [2.24, 2.45) is 0 Å². The van der Waals surface area contributed by atoms with E-state index in [0.717, 1.165) is 37.2 Å². The molecule has 0 radical (unpaired) electrons. The van der Waals surface area contributed by atoms with Crippen LogP contribution in [-0.4, -0.2) is 30.4 Å². The lowest BCUT2D eigenvalue weighted by Crippen LogP contribution is -2.31. The Morgan fingerprint density at radius 3 is 3.18 bits per heavy atom. The molecule has 1 aromatic carbocycles. The zero-order chi connectivity index (χ0) is 12.3. The molecular weight excluding hydrogens is 221 g/mol. The molecule has 0 saturated heterocycles. The molecule has 0 aromatic heterocycles. The van der Waals surface area contributed by atoms with E-state index in [2.05, 4.69) is 5.32 Å². The molecule has 17 heavy (non-hydrogen) atoms. The maximum atomic E-state index is 13.0. The van der Waals surface area contributed by atoms with E-state index in [0.29, 0.717) is 0 Å². The Morgan fingerprint density at radius 2 is 2.41 bits per heavy atom.